The minimum Gasteiger partial charge on any atom is -0.870 e. The van der Waals surface area contributed by atoms with Gasteiger partial charge in [-0.1, -0.05) is 0 Å². The van der Waals surface area contributed by atoms with E-state index in [9.17, 15) is 9.59 Å². The molecule has 2 aliphatic heterocycles. The second kappa shape index (κ2) is 12.0. The van der Waals surface area contributed by atoms with Gasteiger partial charge in [0.25, 0.3) is 0 Å². The van der Waals surface area contributed by atoms with Gasteiger partial charge in [0.15, 0.2) is 11.6 Å². The van der Waals surface area contributed by atoms with Gasteiger partial charge in [0.1, 0.15) is 23.7 Å². The van der Waals surface area contributed by atoms with Crippen molar-refractivity contribution in [3.63, 3.8) is 0 Å². The minimum absolute atomic E-state index is 0. The number of aliphatic carboxylic acids is 1. The molecule has 0 atom stereocenters. The molecule has 16 heteroatoms. The van der Waals surface area contributed by atoms with Crippen molar-refractivity contribution in [2.45, 2.75) is 0 Å². The number of hydrogen-bond donors (Lipinski definition) is 1. The maximum absolute atomic E-state index is 11.3. The number of ether oxygens (including phenoxy) is 1. The van der Waals surface area contributed by atoms with Crippen LogP contribution < -0.4 is 39.4 Å². The van der Waals surface area contributed by atoms with Gasteiger partial charge < -0.3 is 25.1 Å². The molecule has 6 heterocycles. The van der Waals surface area contributed by atoms with Gasteiger partial charge in [-0.2, -0.15) is 10.2 Å². The first-order valence-electron chi connectivity index (χ1n) is 10.6. The zero-order valence-corrected chi connectivity index (χ0v) is 25.1. The van der Waals surface area contributed by atoms with Crippen LogP contribution in [-0.2, 0) is 14.3 Å². The average Bonchev–Trinajstić information content (AvgIpc) is 3.33. The predicted octanol–water partition coefficient (Wildman–Crippen LogP) is -1.06. The Hall–Kier alpha value is -2.30. The topological polar surface area (TPSA) is 160 Å². The van der Waals surface area contributed by atoms with E-state index in [0.29, 0.717) is 26.2 Å². The van der Waals surface area contributed by atoms with Crippen LogP contribution in [0.5, 0.6) is 0 Å². The van der Waals surface area contributed by atoms with E-state index >= 15 is 0 Å². The van der Waals surface area contributed by atoms with Crippen molar-refractivity contribution in [1.29, 1.82) is 0 Å². The summed E-state index contributed by atoms with van der Waals surface area (Å²) in [5.74, 6) is 0.377. The van der Waals surface area contributed by atoms with E-state index in [2.05, 4.69) is 52.0 Å². The Kier molecular flexibility index (Phi) is 9.52. The van der Waals surface area contributed by atoms with Crippen LogP contribution in [0.3, 0.4) is 0 Å². The van der Waals surface area contributed by atoms with Crippen molar-refractivity contribution in [1.82, 2.24) is 29.2 Å². The molecule has 6 rings (SSSR count). The number of carboxylic acid groups (broad SMARTS) is 1. The van der Waals surface area contributed by atoms with Gasteiger partial charge in [-0.15, -0.1) is 0 Å². The SMILES string of the molecule is COC(=O)C1CN(c2ncnn3cc(Br)cc23)C1.O=C(O)C1CN(c2ncnn3cc(Br)cc23)C1.[Na+].[OH-]. The molecule has 2 N–H and O–H groups in total. The number of halogens is 2. The van der Waals surface area contributed by atoms with E-state index in [1.54, 1.807) is 9.03 Å². The van der Waals surface area contributed by atoms with Gasteiger partial charge in [-0.05, 0) is 44.0 Å². The fourth-order valence-electron chi connectivity index (χ4n) is 4.03. The molecule has 0 bridgehead atoms. The quantitative estimate of drug-likeness (QED) is 0.212. The summed E-state index contributed by atoms with van der Waals surface area (Å²) in [6.07, 6.45) is 6.70. The number of hydrogen-bond acceptors (Lipinski definition) is 10. The standard InChI is InChI=1S/C11H11BrN4O2.C10H9BrN4O2.Na.H2O/c1-18-11(17)7-3-15(4-7)10-9-2-8(12)5-16(9)14-6-13-10;11-7-1-8-9(12-5-13-15(8)4-7)14-2-6(3-14)10(16)17;;/h2,5-7H,3-4H2,1H3;1,4-6H,2-3H2,(H,16,17);;1H2/q;;+1;/p-1. The van der Waals surface area contributed by atoms with Gasteiger partial charge in [0, 0.05) is 47.5 Å². The van der Waals surface area contributed by atoms with Crippen LogP contribution in [0.15, 0.2) is 46.1 Å². The maximum atomic E-state index is 11.3. The first-order valence-corrected chi connectivity index (χ1v) is 12.2. The third-order valence-electron chi connectivity index (χ3n) is 5.95. The fourth-order valence-corrected chi connectivity index (χ4v) is 4.85. The summed E-state index contributed by atoms with van der Waals surface area (Å²) in [6, 6.07) is 3.88. The molecule has 0 aromatic carbocycles. The van der Waals surface area contributed by atoms with Crippen LogP contribution in [-0.4, -0.2) is 85.0 Å². The first kappa shape index (κ1) is 29.3. The Morgan fingerprint density at radius 1 is 0.892 bits per heavy atom. The first-order chi connectivity index (χ1) is 16.8. The third-order valence-corrected chi connectivity index (χ3v) is 6.82. The zero-order valence-electron chi connectivity index (χ0n) is 19.9. The molecule has 190 valence electrons. The zero-order chi connectivity index (χ0) is 24.7. The Bertz CT molecular complexity index is 1420. The Labute approximate surface area is 249 Å². The summed E-state index contributed by atoms with van der Waals surface area (Å²) in [4.78, 5) is 34.6. The second-order valence-corrected chi connectivity index (χ2v) is 10.0. The van der Waals surface area contributed by atoms with Crippen LogP contribution in [0, 0.1) is 11.8 Å². The molecule has 2 aliphatic rings. The van der Waals surface area contributed by atoms with Crippen molar-refractivity contribution < 1.29 is 54.5 Å². The molecular weight excluding hydrogens is 627 g/mol. The molecule has 37 heavy (non-hydrogen) atoms. The number of aromatic nitrogens is 6. The third kappa shape index (κ3) is 5.91. The number of fused-ring (bicyclic) bond motifs is 2. The molecule has 2 fully saturated rings. The molecule has 0 spiro atoms. The minimum atomic E-state index is -0.747. The molecule has 0 amide bonds. The molecule has 0 unspecified atom stereocenters. The van der Waals surface area contributed by atoms with Crippen LogP contribution >= 0.6 is 31.9 Å². The molecule has 0 aliphatic carbocycles. The van der Waals surface area contributed by atoms with Gasteiger partial charge in [-0.25, -0.2) is 19.0 Å². The predicted molar refractivity (Wildman–Crippen MR) is 134 cm³/mol. The number of rotatable bonds is 4. The van der Waals surface area contributed by atoms with Gasteiger partial charge in [-0.3, -0.25) is 9.59 Å². The van der Waals surface area contributed by atoms with Gasteiger partial charge >= 0.3 is 41.5 Å². The molecule has 13 nitrogen and oxygen atoms in total. The van der Waals surface area contributed by atoms with Crippen molar-refractivity contribution in [3.05, 3.63) is 46.1 Å². The molecular formula is C21H21Br2N8NaO5. The second-order valence-electron chi connectivity index (χ2n) is 8.21. The molecule has 4 aromatic rings. The van der Waals surface area contributed by atoms with Crippen molar-refractivity contribution in [2.75, 3.05) is 43.1 Å². The number of carboxylic acids is 1. The number of methoxy groups -OCH3 is 1. The van der Waals surface area contributed by atoms with Crippen LogP contribution in [0.25, 0.3) is 11.0 Å². The molecule has 0 radical (unpaired) electrons. The summed E-state index contributed by atoms with van der Waals surface area (Å²) >= 11 is 6.79. The van der Waals surface area contributed by atoms with Gasteiger partial charge in [0.05, 0.1) is 18.9 Å². The van der Waals surface area contributed by atoms with Crippen molar-refractivity contribution in [3.8, 4) is 0 Å². The van der Waals surface area contributed by atoms with Crippen molar-refractivity contribution in [2.24, 2.45) is 11.8 Å². The summed E-state index contributed by atoms with van der Waals surface area (Å²) in [7, 11) is 1.41. The van der Waals surface area contributed by atoms with E-state index in [1.165, 1.54) is 19.8 Å². The largest absolute Gasteiger partial charge is 1.00 e. The maximum Gasteiger partial charge on any atom is 1.00 e. The number of carbonyl (C=O) groups is 2. The van der Waals surface area contributed by atoms with Crippen molar-refractivity contribution >= 4 is 66.5 Å². The molecule has 0 saturated carbocycles. The number of esters is 1. The summed E-state index contributed by atoms with van der Waals surface area (Å²) in [5, 5.41) is 17.1. The fraction of sp³-hybridized carbons (Fsp3) is 0.333. The van der Waals surface area contributed by atoms with Gasteiger partial charge in [0.2, 0.25) is 0 Å². The van der Waals surface area contributed by atoms with E-state index in [-0.39, 0.29) is 52.8 Å². The summed E-state index contributed by atoms with van der Waals surface area (Å²) in [6.45, 7) is 2.29. The smallest absolute Gasteiger partial charge is 0.870 e. The Morgan fingerprint density at radius 2 is 1.32 bits per heavy atom. The molecule has 4 aromatic heterocycles. The van der Waals surface area contributed by atoms with E-state index in [1.807, 2.05) is 34.3 Å². The van der Waals surface area contributed by atoms with E-state index in [0.717, 1.165) is 31.6 Å². The number of carbonyl (C=O) groups excluding carboxylic acids is 1. The van der Waals surface area contributed by atoms with E-state index < -0.39 is 5.97 Å². The van der Waals surface area contributed by atoms with Crippen LogP contribution in [0.2, 0.25) is 0 Å². The molecule has 2 saturated heterocycles. The normalized spacial score (nSPS) is 15.1. The number of anilines is 2. The Balaban J connectivity index is 0.000000195. The monoisotopic (exact) mass is 646 g/mol. The summed E-state index contributed by atoms with van der Waals surface area (Å²) < 4.78 is 10.1. The summed E-state index contributed by atoms with van der Waals surface area (Å²) in [5.41, 5.74) is 1.80. The number of nitrogens with zero attached hydrogens (tertiary/aromatic N) is 8. The van der Waals surface area contributed by atoms with E-state index in [4.69, 9.17) is 9.84 Å². The van der Waals surface area contributed by atoms with Crippen LogP contribution in [0.4, 0.5) is 11.6 Å². The Morgan fingerprint density at radius 3 is 1.73 bits per heavy atom. The average molecular weight is 648 g/mol. The van der Waals surface area contributed by atoms with Crippen LogP contribution in [0.1, 0.15) is 0 Å².